The summed E-state index contributed by atoms with van der Waals surface area (Å²) in [5.74, 6) is 0.654. The van der Waals surface area contributed by atoms with E-state index in [1.807, 2.05) is 0 Å². The van der Waals surface area contributed by atoms with E-state index >= 15 is 0 Å². The van der Waals surface area contributed by atoms with E-state index in [9.17, 15) is 0 Å². The lowest BCUT2D eigenvalue weighted by atomic mass is 10.00. The fourth-order valence-electron chi connectivity index (χ4n) is 1.74. The van der Waals surface area contributed by atoms with Crippen LogP contribution in [0.2, 0.25) is 0 Å². The highest BCUT2D eigenvalue weighted by Crippen LogP contribution is 2.22. The lowest BCUT2D eigenvalue weighted by Crippen LogP contribution is -2.29. The summed E-state index contributed by atoms with van der Waals surface area (Å²) in [6, 6.07) is 0. The molecule has 0 aliphatic carbocycles. The first kappa shape index (κ1) is 9.96. The van der Waals surface area contributed by atoms with E-state index in [0.717, 1.165) is 26.0 Å². The van der Waals surface area contributed by atoms with Gasteiger partial charge in [-0.2, -0.15) is 0 Å². The topological polar surface area (TPSA) is 41.5 Å². The smallest absolute Gasteiger partial charge is 0.0613 e. The van der Waals surface area contributed by atoms with Crippen molar-refractivity contribution in [2.24, 2.45) is 5.92 Å². The highest BCUT2D eigenvalue weighted by molar-refractivity contribution is 4.76. The molecule has 0 aromatic heterocycles. The van der Waals surface area contributed by atoms with Crippen molar-refractivity contribution in [1.29, 1.82) is 0 Å². The summed E-state index contributed by atoms with van der Waals surface area (Å²) in [4.78, 5) is 0. The molecule has 0 spiro atoms. The molecule has 2 atom stereocenters. The molecule has 72 valence electrons. The van der Waals surface area contributed by atoms with Gasteiger partial charge in [0.2, 0.25) is 0 Å². The van der Waals surface area contributed by atoms with Gasteiger partial charge < -0.3 is 15.2 Å². The van der Waals surface area contributed by atoms with Crippen molar-refractivity contribution in [3.63, 3.8) is 0 Å². The average Bonchev–Trinajstić information content (AvgIpc) is 2.52. The second kappa shape index (κ2) is 5.51. The SMILES string of the molecule is CCC1OCCC1CNCCO. The van der Waals surface area contributed by atoms with Crippen molar-refractivity contribution in [3.05, 3.63) is 0 Å². The maximum absolute atomic E-state index is 8.57. The van der Waals surface area contributed by atoms with Gasteiger partial charge >= 0.3 is 0 Å². The summed E-state index contributed by atoms with van der Waals surface area (Å²) in [6.07, 6.45) is 2.71. The molecule has 0 bridgehead atoms. The molecule has 2 unspecified atom stereocenters. The van der Waals surface area contributed by atoms with E-state index in [0.29, 0.717) is 18.6 Å². The quantitative estimate of drug-likeness (QED) is 0.591. The summed E-state index contributed by atoms with van der Waals surface area (Å²) in [5, 5.41) is 11.8. The zero-order chi connectivity index (χ0) is 8.81. The Bertz CT molecular complexity index is 119. The zero-order valence-corrected chi connectivity index (χ0v) is 7.75. The number of aliphatic hydroxyl groups excluding tert-OH is 1. The molecule has 0 radical (unpaired) electrons. The fraction of sp³-hybridized carbons (Fsp3) is 1.00. The highest BCUT2D eigenvalue weighted by Gasteiger charge is 2.25. The average molecular weight is 173 g/mol. The third kappa shape index (κ3) is 2.73. The van der Waals surface area contributed by atoms with Gasteiger partial charge in [0.05, 0.1) is 12.7 Å². The Balaban J connectivity index is 2.12. The van der Waals surface area contributed by atoms with Crippen molar-refractivity contribution < 1.29 is 9.84 Å². The van der Waals surface area contributed by atoms with Crippen LogP contribution in [0.5, 0.6) is 0 Å². The summed E-state index contributed by atoms with van der Waals surface area (Å²) in [6.45, 7) is 4.98. The Kier molecular flexibility index (Phi) is 4.58. The molecule has 0 aromatic carbocycles. The van der Waals surface area contributed by atoms with Gasteiger partial charge in [0.15, 0.2) is 0 Å². The number of rotatable bonds is 5. The molecule has 12 heavy (non-hydrogen) atoms. The summed E-state index contributed by atoms with van der Waals surface area (Å²) in [7, 11) is 0. The van der Waals surface area contributed by atoms with Gasteiger partial charge in [-0.05, 0) is 18.8 Å². The molecule has 2 N–H and O–H groups in total. The molecule has 1 saturated heterocycles. The Morgan fingerprint density at radius 1 is 1.58 bits per heavy atom. The Hall–Kier alpha value is -0.120. The normalized spacial score (nSPS) is 29.5. The maximum atomic E-state index is 8.57. The Labute approximate surface area is 74.1 Å². The third-order valence-electron chi connectivity index (χ3n) is 2.44. The van der Waals surface area contributed by atoms with Gasteiger partial charge in [-0.3, -0.25) is 0 Å². The number of hydrogen-bond acceptors (Lipinski definition) is 3. The van der Waals surface area contributed by atoms with Crippen molar-refractivity contribution in [2.75, 3.05) is 26.3 Å². The molecule has 1 aliphatic rings. The van der Waals surface area contributed by atoms with Crippen molar-refractivity contribution in [2.45, 2.75) is 25.9 Å². The lowest BCUT2D eigenvalue weighted by Gasteiger charge is -2.16. The van der Waals surface area contributed by atoms with Gasteiger partial charge in [-0.15, -0.1) is 0 Å². The molecule has 1 aliphatic heterocycles. The Morgan fingerprint density at radius 2 is 2.42 bits per heavy atom. The van der Waals surface area contributed by atoms with Crippen LogP contribution in [0.15, 0.2) is 0 Å². The maximum Gasteiger partial charge on any atom is 0.0613 e. The van der Waals surface area contributed by atoms with Crippen LogP contribution < -0.4 is 5.32 Å². The van der Waals surface area contributed by atoms with Gasteiger partial charge in [0.1, 0.15) is 0 Å². The minimum Gasteiger partial charge on any atom is -0.395 e. The van der Waals surface area contributed by atoms with Crippen LogP contribution in [-0.4, -0.2) is 37.5 Å². The second-order valence-electron chi connectivity index (χ2n) is 3.29. The monoisotopic (exact) mass is 173 g/mol. The van der Waals surface area contributed by atoms with Crippen LogP contribution in [0, 0.1) is 5.92 Å². The van der Waals surface area contributed by atoms with Crippen molar-refractivity contribution >= 4 is 0 Å². The van der Waals surface area contributed by atoms with Crippen LogP contribution in [0.25, 0.3) is 0 Å². The number of hydrogen-bond donors (Lipinski definition) is 2. The molecule has 0 amide bonds. The minimum absolute atomic E-state index is 0.227. The van der Waals surface area contributed by atoms with Crippen LogP contribution >= 0.6 is 0 Å². The largest absolute Gasteiger partial charge is 0.395 e. The van der Waals surface area contributed by atoms with E-state index in [2.05, 4.69) is 12.2 Å². The first-order valence-electron chi connectivity index (χ1n) is 4.81. The Morgan fingerprint density at radius 3 is 3.08 bits per heavy atom. The van der Waals surface area contributed by atoms with Gasteiger partial charge in [0.25, 0.3) is 0 Å². The zero-order valence-electron chi connectivity index (χ0n) is 7.75. The van der Waals surface area contributed by atoms with Crippen LogP contribution in [-0.2, 0) is 4.74 Å². The lowest BCUT2D eigenvalue weighted by molar-refractivity contribution is 0.0870. The van der Waals surface area contributed by atoms with E-state index in [4.69, 9.17) is 9.84 Å². The van der Waals surface area contributed by atoms with E-state index in [-0.39, 0.29) is 6.61 Å². The molecule has 1 heterocycles. The van der Waals surface area contributed by atoms with Crippen LogP contribution in [0.1, 0.15) is 19.8 Å². The molecule has 3 heteroatoms. The molecule has 1 fully saturated rings. The van der Waals surface area contributed by atoms with Crippen LogP contribution in [0.3, 0.4) is 0 Å². The summed E-state index contributed by atoms with van der Waals surface area (Å²) >= 11 is 0. The van der Waals surface area contributed by atoms with E-state index in [1.54, 1.807) is 0 Å². The molecule has 1 rings (SSSR count). The van der Waals surface area contributed by atoms with Gasteiger partial charge in [-0.1, -0.05) is 6.92 Å². The van der Waals surface area contributed by atoms with Gasteiger partial charge in [-0.25, -0.2) is 0 Å². The minimum atomic E-state index is 0.227. The van der Waals surface area contributed by atoms with Crippen molar-refractivity contribution in [1.82, 2.24) is 5.32 Å². The van der Waals surface area contributed by atoms with Gasteiger partial charge in [0, 0.05) is 19.7 Å². The number of ether oxygens (including phenoxy) is 1. The summed E-state index contributed by atoms with van der Waals surface area (Å²) < 4.78 is 5.54. The molecular weight excluding hydrogens is 154 g/mol. The third-order valence-corrected chi connectivity index (χ3v) is 2.44. The molecule has 0 saturated carbocycles. The molecule has 3 nitrogen and oxygen atoms in total. The first-order valence-corrected chi connectivity index (χ1v) is 4.81. The number of nitrogens with one attached hydrogen (secondary N) is 1. The van der Waals surface area contributed by atoms with Crippen molar-refractivity contribution in [3.8, 4) is 0 Å². The molecular formula is C9H19NO2. The van der Waals surface area contributed by atoms with E-state index in [1.165, 1.54) is 0 Å². The number of aliphatic hydroxyl groups is 1. The fourth-order valence-corrected chi connectivity index (χ4v) is 1.74. The van der Waals surface area contributed by atoms with Crippen LogP contribution in [0.4, 0.5) is 0 Å². The predicted molar refractivity (Wildman–Crippen MR) is 48.1 cm³/mol. The standard InChI is InChI=1S/C9H19NO2/c1-2-9-8(3-6-12-9)7-10-4-5-11/h8-11H,2-7H2,1H3. The van der Waals surface area contributed by atoms with E-state index < -0.39 is 0 Å². The second-order valence-corrected chi connectivity index (χ2v) is 3.29. The highest BCUT2D eigenvalue weighted by atomic mass is 16.5. The first-order chi connectivity index (χ1) is 5.88. The molecule has 0 aromatic rings. The summed E-state index contributed by atoms with van der Waals surface area (Å²) in [5.41, 5.74) is 0. The predicted octanol–water partition coefficient (Wildman–Crippen LogP) is 0.383.